The van der Waals surface area contributed by atoms with E-state index in [1.165, 1.54) is 0 Å². The molecule has 0 saturated heterocycles. The van der Waals surface area contributed by atoms with Crippen LogP contribution < -0.4 is 5.32 Å². The van der Waals surface area contributed by atoms with Gasteiger partial charge in [0.2, 0.25) is 0 Å². The van der Waals surface area contributed by atoms with E-state index in [1.807, 2.05) is 12.1 Å². The van der Waals surface area contributed by atoms with Crippen LogP contribution in [0.4, 0.5) is 0 Å². The van der Waals surface area contributed by atoms with Crippen molar-refractivity contribution in [2.24, 2.45) is 0 Å². The van der Waals surface area contributed by atoms with Crippen molar-refractivity contribution in [2.45, 2.75) is 6.42 Å². The monoisotopic (exact) mass is 353 g/mol. The molecule has 0 bridgehead atoms. The minimum Gasteiger partial charge on any atom is -0.508 e. The third-order valence-electron chi connectivity index (χ3n) is 2.76. The molecule has 0 fully saturated rings. The van der Waals surface area contributed by atoms with Gasteiger partial charge in [-0.15, -0.1) is 0 Å². The van der Waals surface area contributed by atoms with Crippen molar-refractivity contribution in [3.8, 4) is 5.75 Å². The van der Waals surface area contributed by atoms with Crippen molar-refractivity contribution in [1.82, 2.24) is 5.32 Å². The number of phenolic OH excluding ortho intramolecular Hbond substituents is 1. The van der Waals surface area contributed by atoms with Gasteiger partial charge in [-0.2, -0.15) is 0 Å². The molecular weight excluding hydrogens is 342 g/mol. The summed E-state index contributed by atoms with van der Waals surface area (Å²) in [5.74, 6) is 0.0774. The fourth-order valence-corrected chi connectivity index (χ4v) is 2.63. The van der Waals surface area contributed by atoms with Gasteiger partial charge in [0.15, 0.2) is 0 Å². The predicted octanol–water partition coefficient (Wildman–Crippen LogP) is 3.78. The van der Waals surface area contributed by atoms with Gasteiger partial charge in [-0.05, 0) is 42.3 Å². The van der Waals surface area contributed by atoms with Crippen molar-refractivity contribution in [1.29, 1.82) is 0 Å². The maximum atomic E-state index is 12.0. The Kier molecular flexibility index (Phi) is 5.04. The molecule has 0 heterocycles. The van der Waals surface area contributed by atoms with Crippen LogP contribution in [0.3, 0.4) is 0 Å². The van der Waals surface area contributed by atoms with Crippen LogP contribution in [0.5, 0.6) is 5.75 Å². The average molecular weight is 355 g/mol. The van der Waals surface area contributed by atoms with E-state index < -0.39 is 0 Å². The summed E-state index contributed by atoms with van der Waals surface area (Å²) in [6.07, 6.45) is 0.702. The Morgan fingerprint density at radius 2 is 1.90 bits per heavy atom. The van der Waals surface area contributed by atoms with E-state index in [2.05, 4.69) is 21.2 Å². The summed E-state index contributed by atoms with van der Waals surface area (Å²) in [6.45, 7) is 0.522. The molecule has 0 aromatic heterocycles. The summed E-state index contributed by atoms with van der Waals surface area (Å²) < 4.78 is 0.772. The zero-order valence-electron chi connectivity index (χ0n) is 10.6. The predicted molar refractivity (Wildman–Crippen MR) is 83.3 cm³/mol. The molecule has 0 atom stereocenters. The topological polar surface area (TPSA) is 49.3 Å². The number of nitrogens with one attached hydrogen (secondary N) is 1. The van der Waals surface area contributed by atoms with Crippen LogP contribution in [0, 0.1) is 0 Å². The lowest BCUT2D eigenvalue weighted by Gasteiger charge is -2.06. The number of amides is 1. The minimum absolute atomic E-state index is 0.160. The summed E-state index contributed by atoms with van der Waals surface area (Å²) >= 11 is 9.21. The second-order valence-corrected chi connectivity index (χ2v) is 5.68. The van der Waals surface area contributed by atoms with Crippen LogP contribution in [-0.2, 0) is 6.42 Å². The quantitative estimate of drug-likeness (QED) is 0.878. The number of hydrogen-bond donors (Lipinski definition) is 2. The van der Waals surface area contributed by atoms with E-state index in [-0.39, 0.29) is 11.7 Å². The molecule has 0 aliphatic carbocycles. The molecule has 5 heteroatoms. The fourth-order valence-electron chi connectivity index (χ4n) is 1.77. The Labute approximate surface area is 130 Å². The maximum absolute atomic E-state index is 12.0. The van der Waals surface area contributed by atoms with E-state index >= 15 is 0 Å². The van der Waals surface area contributed by atoms with Crippen LogP contribution in [0.1, 0.15) is 15.9 Å². The lowest BCUT2D eigenvalue weighted by Crippen LogP contribution is -2.25. The molecule has 3 nitrogen and oxygen atoms in total. The number of halogens is 2. The van der Waals surface area contributed by atoms with Gasteiger partial charge in [0.1, 0.15) is 5.75 Å². The summed E-state index contributed by atoms with van der Waals surface area (Å²) in [7, 11) is 0. The molecule has 1 amide bonds. The molecule has 0 radical (unpaired) electrons. The second-order valence-electron chi connectivity index (χ2n) is 4.33. The highest BCUT2D eigenvalue weighted by atomic mass is 79.9. The van der Waals surface area contributed by atoms with E-state index in [0.29, 0.717) is 23.6 Å². The van der Waals surface area contributed by atoms with Gasteiger partial charge in [-0.1, -0.05) is 39.7 Å². The molecule has 0 saturated carbocycles. The standard InChI is InChI=1S/C15H13BrClNO2/c16-12-7-11(8-13(17)9-12)15(20)18-6-5-10-1-3-14(19)4-2-10/h1-4,7-9,19H,5-6H2,(H,18,20). The number of carbonyl (C=O) groups excluding carboxylic acids is 1. The number of carbonyl (C=O) groups is 1. The molecule has 104 valence electrons. The first-order chi connectivity index (χ1) is 9.54. The van der Waals surface area contributed by atoms with E-state index in [9.17, 15) is 9.90 Å². The highest BCUT2D eigenvalue weighted by Gasteiger charge is 2.07. The summed E-state index contributed by atoms with van der Waals surface area (Å²) in [5, 5.41) is 12.5. The van der Waals surface area contributed by atoms with Crippen LogP contribution in [0.15, 0.2) is 46.9 Å². The van der Waals surface area contributed by atoms with Crippen LogP contribution >= 0.6 is 27.5 Å². The van der Waals surface area contributed by atoms with Crippen molar-refractivity contribution >= 4 is 33.4 Å². The van der Waals surface area contributed by atoms with Crippen molar-refractivity contribution in [2.75, 3.05) is 6.54 Å². The van der Waals surface area contributed by atoms with E-state index in [1.54, 1.807) is 30.3 Å². The molecule has 0 aliphatic rings. The zero-order chi connectivity index (χ0) is 14.5. The molecule has 0 aliphatic heterocycles. The van der Waals surface area contributed by atoms with Gasteiger partial charge in [-0.25, -0.2) is 0 Å². The SMILES string of the molecule is O=C(NCCc1ccc(O)cc1)c1cc(Cl)cc(Br)c1. The number of aromatic hydroxyl groups is 1. The number of hydrogen-bond acceptors (Lipinski definition) is 2. The number of benzene rings is 2. The molecular formula is C15H13BrClNO2. The first-order valence-corrected chi connectivity index (χ1v) is 7.24. The lowest BCUT2D eigenvalue weighted by atomic mass is 10.1. The average Bonchev–Trinajstić information content (AvgIpc) is 2.40. The number of rotatable bonds is 4. The fraction of sp³-hybridized carbons (Fsp3) is 0.133. The first kappa shape index (κ1) is 14.9. The zero-order valence-corrected chi connectivity index (χ0v) is 12.9. The molecule has 0 unspecified atom stereocenters. The highest BCUT2D eigenvalue weighted by molar-refractivity contribution is 9.10. The molecule has 2 N–H and O–H groups in total. The largest absolute Gasteiger partial charge is 0.508 e. The summed E-state index contributed by atoms with van der Waals surface area (Å²) in [6, 6.07) is 12.0. The Hall–Kier alpha value is -1.52. The molecule has 20 heavy (non-hydrogen) atoms. The third kappa shape index (κ3) is 4.25. The Morgan fingerprint density at radius 1 is 1.20 bits per heavy atom. The Bertz CT molecular complexity index is 594. The van der Waals surface area contributed by atoms with Crippen LogP contribution in [-0.4, -0.2) is 17.6 Å². The summed E-state index contributed by atoms with van der Waals surface area (Å²) in [5.41, 5.74) is 1.57. The smallest absolute Gasteiger partial charge is 0.251 e. The highest BCUT2D eigenvalue weighted by Crippen LogP contribution is 2.19. The molecule has 2 rings (SSSR count). The van der Waals surface area contributed by atoms with Gasteiger partial charge in [0.05, 0.1) is 0 Å². The van der Waals surface area contributed by atoms with E-state index in [4.69, 9.17) is 11.6 Å². The Balaban J connectivity index is 1.90. The third-order valence-corrected chi connectivity index (χ3v) is 3.44. The van der Waals surface area contributed by atoms with Crippen LogP contribution in [0.25, 0.3) is 0 Å². The molecule has 2 aromatic carbocycles. The van der Waals surface area contributed by atoms with Gasteiger partial charge in [0, 0.05) is 21.6 Å². The Morgan fingerprint density at radius 3 is 2.55 bits per heavy atom. The van der Waals surface area contributed by atoms with Crippen molar-refractivity contribution in [3.05, 3.63) is 63.1 Å². The molecule has 2 aromatic rings. The van der Waals surface area contributed by atoms with Crippen molar-refractivity contribution in [3.63, 3.8) is 0 Å². The number of phenols is 1. The lowest BCUT2D eigenvalue weighted by molar-refractivity contribution is 0.0954. The van der Waals surface area contributed by atoms with Gasteiger partial charge >= 0.3 is 0 Å². The van der Waals surface area contributed by atoms with Crippen LogP contribution in [0.2, 0.25) is 5.02 Å². The first-order valence-electron chi connectivity index (χ1n) is 6.07. The minimum atomic E-state index is -0.160. The van der Waals surface area contributed by atoms with Gasteiger partial charge < -0.3 is 10.4 Å². The molecule has 0 spiro atoms. The maximum Gasteiger partial charge on any atom is 0.251 e. The second kappa shape index (κ2) is 6.77. The normalized spacial score (nSPS) is 10.3. The van der Waals surface area contributed by atoms with Gasteiger partial charge in [0.25, 0.3) is 5.91 Å². The van der Waals surface area contributed by atoms with Crippen molar-refractivity contribution < 1.29 is 9.90 Å². The summed E-state index contributed by atoms with van der Waals surface area (Å²) in [4.78, 5) is 12.0. The van der Waals surface area contributed by atoms with E-state index in [0.717, 1.165) is 10.0 Å². The van der Waals surface area contributed by atoms with Gasteiger partial charge in [-0.3, -0.25) is 4.79 Å².